The van der Waals surface area contributed by atoms with Crippen LogP contribution in [-0.2, 0) is 0 Å². The van der Waals surface area contributed by atoms with Crippen LogP contribution in [0.25, 0.3) is 0 Å². The molecule has 5 nitrogen and oxygen atoms in total. The van der Waals surface area contributed by atoms with Crippen LogP contribution in [-0.4, -0.2) is 25.4 Å². The highest BCUT2D eigenvalue weighted by atomic mass is 15.4. The molecule has 5 heteroatoms. The lowest BCUT2D eigenvalue weighted by Crippen LogP contribution is -2.23. The normalized spacial score (nSPS) is 18.2. The van der Waals surface area contributed by atoms with Gasteiger partial charge in [-0.3, -0.25) is 4.99 Å². The van der Waals surface area contributed by atoms with E-state index < -0.39 is 10.8 Å². The van der Waals surface area contributed by atoms with Gasteiger partial charge in [-0.05, 0) is 50.7 Å². The van der Waals surface area contributed by atoms with Crippen molar-refractivity contribution in [3.8, 4) is 12.1 Å². The summed E-state index contributed by atoms with van der Waals surface area (Å²) in [5.41, 5.74) is 2.45. The van der Waals surface area contributed by atoms with Gasteiger partial charge in [0.2, 0.25) is 0 Å². The summed E-state index contributed by atoms with van der Waals surface area (Å²) in [5.74, 6) is 5.09. The standard InChI is InChI=1S/C19H26N2.C3H9N3/c1-6-15-9-10-16(18(4,7-2)13-20)12-17(11-15)19(5,8-3)14-21;1-5-3-6(2)4/h10-12H,6-9H2,1-5H3;3H,4H2,1-2H3. The fourth-order valence-corrected chi connectivity index (χ4v) is 2.62. The summed E-state index contributed by atoms with van der Waals surface area (Å²) in [6, 6.07) is 4.90. The summed E-state index contributed by atoms with van der Waals surface area (Å²) in [4.78, 5) is 3.61. The van der Waals surface area contributed by atoms with E-state index in [9.17, 15) is 10.5 Å². The molecule has 0 heterocycles. The Morgan fingerprint density at radius 2 is 1.63 bits per heavy atom. The topological polar surface area (TPSA) is 89.2 Å². The summed E-state index contributed by atoms with van der Waals surface area (Å²) in [6.07, 6.45) is 11.3. The molecular formula is C22H35N5. The SMILES string of the molecule is CCC1=CC(C(C)(C#N)CC)=CC(C(C)(C#N)CC)=CC1.CN=CN(C)N. The van der Waals surface area contributed by atoms with Crippen LogP contribution in [0.15, 0.2) is 39.9 Å². The molecule has 2 N–H and O–H groups in total. The second-order valence-electron chi connectivity index (χ2n) is 7.25. The fraction of sp³-hybridized carbons (Fsp3) is 0.591. The van der Waals surface area contributed by atoms with Gasteiger partial charge in [-0.1, -0.05) is 44.6 Å². The number of hydrogen-bond donors (Lipinski definition) is 1. The van der Waals surface area contributed by atoms with Crippen LogP contribution in [0.5, 0.6) is 0 Å². The molecule has 0 aliphatic heterocycles. The molecule has 0 radical (unpaired) electrons. The molecular weight excluding hydrogens is 334 g/mol. The number of rotatable bonds is 6. The van der Waals surface area contributed by atoms with Gasteiger partial charge in [-0.15, -0.1) is 0 Å². The molecule has 1 rings (SSSR count). The van der Waals surface area contributed by atoms with Gasteiger partial charge in [0.15, 0.2) is 0 Å². The van der Waals surface area contributed by atoms with E-state index in [1.54, 1.807) is 14.1 Å². The Morgan fingerprint density at radius 1 is 1.11 bits per heavy atom. The smallest absolute Gasteiger partial charge is 0.0984 e. The Bertz CT molecular complexity index is 684. The predicted octanol–water partition coefficient (Wildman–Crippen LogP) is 4.91. The van der Waals surface area contributed by atoms with E-state index in [2.05, 4.69) is 42.3 Å². The van der Waals surface area contributed by atoms with Crippen LogP contribution in [0, 0.1) is 33.5 Å². The lowest BCUT2D eigenvalue weighted by atomic mass is 9.75. The molecule has 0 aromatic rings. The van der Waals surface area contributed by atoms with Gasteiger partial charge in [0.25, 0.3) is 0 Å². The van der Waals surface area contributed by atoms with E-state index in [1.807, 2.05) is 27.7 Å². The minimum Gasteiger partial charge on any atom is -0.304 e. The minimum atomic E-state index is -0.492. The highest BCUT2D eigenvalue weighted by molar-refractivity contribution is 5.52. The summed E-state index contributed by atoms with van der Waals surface area (Å²) >= 11 is 0. The third-order valence-corrected chi connectivity index (χ3v) is 5.19. The molecule has 0 amide bonds. The van der Waals surface area contributed by atoms with Gasteiger partial charge in [0.1, 0.15) is 0 Å². The second kappa shape index (κ2) is 11.4. The monoisotopic (exact) mass is 369 g/mol. The average Bonchev–Trinajstić information content (AvgIpc) is 2.90. The Labute approximate surface area is 165 Å². The van der Waals surface area contributed by atoms with Gasteiger partial charge in [0, 0.05) is 14.1 Å². The van der Waals surface area contributed by atoms with Crippen LogP contribution in [0.3, 0.4) is 0 Å². The molecule has 0 aromatic carbocycles. The van der Waals surface area contributed by atoms with Crippen LogP contribution < -0.4 is 5.84 Å². The number of hydrazine groups is 1. The fourth-order valence-electron chi connectivity index (χ4n) is 2.62. The number of nitrogens with two attached hydrogens (primary N) is 1. The van der Waals surface area contributed by atoms with Crippen molar-refractivity contribution in [3.05, 3.63) is 34.9 Å². The number of hydrogen-bond acceptors (Lipinski definition) is 4. The third kappa shape index (κ3) is 7.04. The van der Waals surface area contributed by atoms with Crippen molar-refractivity contribution in [2.75, 3.05) is 14.1 Å². The molecule has 0 saturated carbocycles. The molecule has 27 heavy (non-hydrogen) atoms. The number of aliphatic imine (C=N–C) groups is 1. The average molecular weight is 370 g/mol. The first-order valence-electron chi connectivity index (χ1n) is 9.50. The first kappa shape index (κ1) is 24.6. The van der Waals surface area contributed by atoms with Crippen molar-refractivity contribution in [1.29, 1.82) is 10.5 Å². The maximum atomic E-state index is 9.59. The summed E-state index contributed by atoms with van der Waals surface area (Å²) < 4.78 is 0. The van der Waals surface area contributed by atoms with Crippen LogP contribution in [0.4, 0.5) is 0 Å². The molecule has 0 saturated heterocycles. The Hall–Kier alpha value is -2.37. The van der Waals surface area contributed by atoms with Gasteiger partial charge in [-0.25, -0.2) is 5.84 Å². The second-order valence-corrected chi connectivity index (χ2v) is 7.25. The van der Waals surface area contributed by atoms with E-state index >= 15 is 0 Å². The van der Waals surface area contributed by atoms with E-state index in [1.165, 1.54) is 16.9 Å². The first-order chi connectivity index (χ1) is 12.7. The number of nitrogens with zero attached hydrogens (tertiary/aromatic N) is 4. The van der Waals surface area contributed by atoms with Crippen molar-refractivity contribution in [1.82, 2.24) is 5.01 Å². The highest BCUT2D eigenvalue weighted by Crippen LogP contribution is 2.40. The van der Waals surface area contributed by atoms with Gasteiger partial charge in [0.05, 0.1) is 29.3 Å². The molecule has 2 unspecified atom stereocenters. The van der Waals surface area contributed by atoms with Gasteiger partial charge < -0.3 is 5.01 Å². The molecule has 148 valence electrons. The van der Waals surface area contributed by atoms with Crippen molar-refractivity contribution >= 4 is 6.34 Å². The van der Waals surface area contributed by atoms with Gasteiger partial charge in [-0.2, -0.15) is 10.5 Å². The Morgan fingerprint density at radius 3 is 1.96 bits per heavy atom. The zero-order chi connectivity index (χ0) is 21.1. The van der Waals surface area contributed by atoms with Crippen molar-refractivity contribution < 1.29 is 0 Å². The zero-order valence-electron chi connectivity index (χ0n) is 18.0. The third-order valence-electron chi connectivity index (χ3n) is 5.19. The highest BCUT2D eigenvalue weighted by Gasteiger charge is 2.31. The predicted molar refractivity (Wildman–Crippen MR) is 114 cm³/mol. The quantitative estimate of drug-likeness (QED) is 0.312. The summed E-state index contributed by atoms with van der Waals surface area (Å²) in [5, 5.41) is 20.5. The lowest BCUT2D eigenvalue weighted by Gasteiger charge is -2.25. The van der Waals surface area contributed by atoms with Crippen molar-refractivity contribution in [3.63, 3.8) is 0 Å². The maximum Gasteiger partial charge on any atom is 0.0984 e. The Balaban J connectivity index is 0.000000972. The number of allylic oxidation sites excluding steroid dienone is 6. The first-order valence-corrected chi connectivity index (χ1v) is 9.50. The summed E-state index contributed by atoms with van der Waals surface area (Å²) in [6.45, 7) is 10.2. The van der Waals surface area contributed by atoms with Crippen molar-refractivity contribution in [2.45, 2.75) is 60.3 Å². The van der Waals surface area contributed by atoms with Crippen LogP contribution >= 0.6 is 0 Å². The molecule has 1 aliphatic rings. The van der Waals surface area contributed by atoms with E-state index in [0.717, 1.165) is 36.8 Å². The molecule has 0 spiro atoms. The zero-order valence-corrected chi connectivity index (χ0v) is 18.0. The molecule has 0 bridgehead atoms. The van der Waals surface area contributed by atoms with Gasteiger partial charge >= 0.3 is 0 Å². The number of nitriles is 2. The van der Waals surface area contributed by atoms with E-state index in [4.69, 9.17) is 5.84 Å². The van der Waals surface area contributed by atoms with Crippen molar-refractivity contribution in [2.24, 2.45) is 21.7 Å². The lowest BCUT2D eigenvalue weighted by molar-refractivity contribution is 0.504. The molecule has 0 fully saturated rings. The molecule has 2 atom stereocenters. The Kier molecular flexibility index (Phi) is 10.4. The summed E-state index contributed by atoms with van der Waals surface area (Å²) in [7, 11) is 3.39. The van der Waals surface area contributed by atoms with Crippen LogP contribution in [0.1, 0.15) is 60.3 Å². The largest absolute Gasteiger partial charge is 0.304 e. The van der Waals surface area contributed by atoms with Crippen LogP contribution in [0.2, 0.25) is 0 Å². The van der Waals surface area contributed by atoms with E-state index in [0.29, 0.717) is 0 Å². The maximum absolute atomic E-state index is 9.59. The molecule has 0 aromatic heterocycles. The van der Waals surface area contributed by atoms with E-state index in [-0.39, 0.29) is 0 Å². The molecule has 1 aliphatic carbocycles. The minimum absolute atomic E-state index is 0.480.